The van der Waals surface area contributed by atoms with Crippen molar-refractivity contribution in [2.75, 3.05) is 0 Å². The normalized spacial score (nSPS) is 15.5. The van der Waals surface area contributed by atoms with Gasteiger partial charge in [-0.2, -0.15) is 0 Å². The first-order chi connectivity index (χ1) is 11.6. The first-order valence-corrected chi connectivity index (χ1v) is 9.50. The van der Waals surface area contributed by atoms with E-state index in [0.29, 0.717) is 13.1 Å². The van der Waals surface area contributed by atoms with Crippen LogP contribution in [0.4, 0.5) is 4.39 Å². The molecule has 3 nitrogen and oxygen atoms in total. The van der Waals surface area contributed by atoms with Crippen LogP contribution in [0.15, 0.2) is 53.4 Å². The maximum Gasteiger partial charge on any atom is 0.174 e. The average molecular weight is 358 g/mol. The molecular weight excluding hydrogens is 343 g/mol. The molecule has 1 unspecified atom stereocenters. The van der Waals surface area contributed by atoms with E-state index in [1.165, 1.54) is 12.1 Å². The smallest absolute Gasteiger partial charge is 0.174 e. The second-order valence-electron chi connectivity index (χ2n) is 5.76. The van der Waals surface area contributed by atoms with Crippen LogP contribution in [-0.4, -0.2) is 13.8 Å². The topological polar surface area (TPSA) is 39.2 Å². The second kappa shape index (κ2) is 6.29. The lowest BCUT2D eigenvalue weighted by atomic mass is 10.2. The number of thiazole rings is 1. The molecular formula is C18H15FN2OS2. The molecule has 0 bridgehead atoms. The van der Waals surface area contributed by atoms with Gasteiger partial charge in [-0.3, -0.25) is 0 Å². The zero-order valence-corrected chi connectivity index (χ0v) is 14.7. The van der Waals surface area contributed by atoms with Crippen molar-refractivity contribution < 1.29 is 8.94 Å². The summed E-state index contributed by atoms with van der Waals surface area (Å²) < 4.78 is 27.6. The highest BCUT2D eigenvalue weighted by Gasteiger charge is 2.32. The number of rotatable bonds is 3. The van der Waals surface area contributed by atoms with Crippen molar-refractivity contribution in [1.29, 1.82) is 0 Å². The van der Waals surface area contributed by atoms with E-state index >= 15 is 0 Å². The second-order valence-corrected chi connectivity index (χ2v) is 8.33. The third-order valence-electron chi connectivity index (χ3n) is 3.97. The Hall–Kier alpha value is -1.73. The molecule has 2 aromatic carbocycles. The van der Waals surface area contributed by atoms with E-state index in [4.69, 9.17) is 0 Å². The van der Waals surface area contributed by atoms with Crippen molar-refractivity contribution in [1.82, 2.24) is 9.29 Å². The van der Waals surface area contributed by atoms with Crippen LogP contribution in [0.5, 0.6) is 0 Å². The number of nitrogens with zero attached hydrogens (tertiary/aromatic N) is 2. The minimum Gasteiger partial charge on any atom is -0.593 e. The van der Waals surface area contributed by atoms with E-state index < -0.39 is 11.4 Å². The molecule has 1 atom stereocenters. The molecule has 0 N–H and O–H groups in total. The molecule has 1 aliphatic rings. The summed E-state index contributed by atoms with van der Waals surface area (Å²) in [6.07, 6.45) is 0. The number of aromatic nitrogens is 1. The molecule has 122 valence electrons. The van der Waals surface area contributed by atoms with Crippen LogP contribution >= 0.6 is 11.3 Å². The zero-order chi connectivity index (χ0) is 16.7. The largest absolute Gasteiger partial charge is 0.593 e. The first-order valence-electron chi connectivity index (χ1n) is 7.58. The Labute approximate surface area is 147 Å². The van der Waals surface area contributed by atoms with Crippen molar-refractivity contribution in [2.45, 2.75) is 24.9 Å². The van der Waals surface area contributed by atoms with Gasteiger partial charge in [0.1, 0.15) is 10.8 Å². The summed E-state index contributed by atoms with van der Waals surface area (Å²) in [5.74, 6) is -0.248. The van der Waals surface area contributed by atoms with Crippen LogP contribution in [-0.2, 0) is 24.5 Å². The van der Waals surface area contributed by atoms with Crippen LogP contribution < -0.4 is 0 Å². The number of aryl methyl sites for hydroxylation is 1. The van der Waals surface area contributed by atoms with E-state index in [2.05, 4.69) is 4.98 Å². The molecule has 0 aliphatic carbocycles. The third kappa shape index (κ3) is 2.98. The maximum absolute atomic E-state index is 13.0. The lowest BCUT2D eigenvalue weighted by molar-refractivity contribution is 0.430. The molecule has 6 heteroatoms. The van der Waals surface area contributed by atoms with Crippen LogP contribution in [0.1, 0.15) is 16.1 Å². The Morgan fingerprint density at radius 3 is 2.46 bits per heavy atom. The highest BCUT2D eigenvalue weighted by molar-refractivity contribution is 7.89. The van der Waals surface area contributed by atoms with E-state index in [1.54, 1.807) is 23.5 Å². The Morgan fingerprint density at radius 2 is 1.79 bits per heavy atom. The maximum atomic E-state index is 13.0. The molecule has 0 spiro atoms. The van der Waals surface area contributed by atoms with Gasteiger partial charge < -0.3 is 4.55 Å². The molecule has 0 saturated heterocycles. The quantitative estimate of drug-likeness (QED) is 0.656. The Kier molecular flexibility index (Phi) is 4.14. The highest BCUT2D eigenvalue weighted by Crippen LogP contribution is 2.36. The lowest BCUT2D eigenvalue weighted by Gasteiger charge is -2.18. The SMILES string of the molecule is Cc1ccc([S+]([O-])N2Cc3nc(-c4ccc(F)cc4)sc3C2)cc1. The molecule has 3 aromatic rings. The fraction of sp³-hybridized carbons (Fsp3) is 0.167. The van der Waals surface area contributed by atoms with Crippen molar-refractivity contribution in [3.05, 3.63) is 70.5 Å². The number of hydrogen-bond acceptors (Lipinski definition) is 4. The third-order valence-corrected chi connectivity index (χ3v) is 6.51. The first kappa shape index (κ1) is 15.8. The van der Waals surface area contributed by atoms with Crippen LogP contribution in [0.25, 0.3) is 10.6 Å². The van der Waals surface area contributed by atoms with E-state index in [1.807, 2.05) is 35.5 Å². The van der Waals surface area contributed by atoms with Crippen LogP contribution in [0.2, 0.25) is 0 Å². The van der Waals surface area contributed by atoms with Crippen molar-refractivity contribution >= 4 is 22.7 Å². The predicted molar refractivity (Wildman–Crippen MR) is 94.3 cm³/mol. The Balaban J connectivity index is 1.52. The monoisotopic (exact) mass is 358 g/mol. The van der Waals surface area contributed by atoms with Crippen molar-refractivity contribution in [3.63, 3.8) is 0 Å². The Bertz CT molecular complexity index is 838. The summed E-state index contributed by atoms with van der Waals surface area (Å²) in [5, 5.41) is 0.890. The van der Waals surface area contributed by atoms with Crippen LogP contribution in [0.3, 0.4) is 0 Å². The van der Waals surface area contributed by atoms with Gasteiger partial charge in [-0.05, 0) is 43.3 Å². The molecule has 1 aliphatic heterocycles. The summed E-state index contributed by atoms with van der Waals surface area (Å²) in [6.45, 7) is 3.23. The van der Waals surface area contributed by atoms with Crippen molar-refractivity contribution in [3.8, 4) is 10.6 Å². The molecule has 1 aromatic heterocycles. The van der Waals surface area contributed by atoms with Crippen molar-refractivity contribution in [2.24, 2.45) is 0 Å². The molecule has 0 amide bonds. The summed E-state index contributed by atoms with van der Waals surface area (Å²) >= 11 is 0.415. The summed E-state index contributed by atoms with van der Waals surface area (Å²) in [5.41, 5.74) is 3.05. The highest BCUT2D eigenvalue weighted by atomic mass is 32.2. The average Bonchev–Trinajstić information content (AvgIpc) is 3.14. The molecule has 2 heterocycles. The van der Waals surface area contributed by atoms with Gasteiger partial charge in [0.15, 0.2) is 4.90 Å². The van der Waals surface area contributed by atoms with Crippen LogP contribution in [0, 0.1) is 12.7 Å². The molecule has 0 saturated carbocycles. The van der Waals surface area contributed by atoms with Gasteiger partial charge >= 0.3 is 0 Å². The molecule has 0 fully saturated rings. The van der Waals surface area contributed by atoms with Gasteiger partial charge in [0.2, 0.25) is 0 Å². The van der Waals surface area contributed by atoms with E-state index in [-0.39, 0.29) is 5.82 Å². The fourth-order valence-corrected chi connectivity index (χ4v) is 4.98. The predicted octanol–water partition coefficient (Wildman–Crippen LogP) is 4.30. The van der Waals surface area contributed by atoms with Gasteiger partial charge in [0, 0.05) is 10.4 Å². The standard InChI is InChI=1S/C18H15FN2OS2/c1-12-2-8-15(9-3-12)24(22)21-10-16-17(11-21)23-18(20-16)13-4-6-14(19)7-5-13/h2-9H,10-11H2,1H3. The van der Waals surface area contributed by atoms with Gasteiger partial charge in [-0.15, -0.1) is 15.6 Å². The van der Waals surface area contributed by atoms with Gasteiger partial charge in [-0.25, -0.2) is 9.37 Å². The summed E-state index contributed by atoms with van der Waals surface area (Å²) in [7, 11) is 0. The van der Waals surface area contributed by atoms with Gasteiger partial charge in [-0.1, -0.05) is 17.7 Å². The summed E-state index contributed by atoms with van der Waals surface area (Å²) in [6, 6.07) is 14.1. The van der Waals surface area contributed by atoms with Gasteiger partial charge in [0.05, 0.1) is 30.1 Å². The lowest BCUT2D eigenvalue weighted by Crippen LogP contribution is -2.25. The van der Waals surface area contributed by atoms with E-state index in [9.17, 15) is 8.94 Å². The number of benzene rings is 2. The number of hydrogen-bond donors (Lipinski definition) is 0. The van der Waals surface area contributed by atoms with Gasteiger partial charge in [0.25, 0.3) is 0 Å². The van der Waals surface area contributed by atoms with E-state index in [0.717, 1.165) is 31.6 Å². The Morgan fingerprint density at radius 1 is 1.08 bits per heavy atom. The number of fused-ring (bicyclic) bond motifs is 1. The fourth-order valence-electron chi connectivity index (χ4n) is 2.65. The zero-order valence-electron chi connectivity index (χ0n) is 13.0. The minimum atomic E-state index is -1.18. The molecule has 0 radical (unpaired) electrons. The molecule has 24 heavy (non-hydrogen) atoms. The minimum absolute atomic E-state index is 0.248. The molecule has 4 rings (SSSR count). The summed E-state index contributed by atoms with van der Waals surface area (Å²) in [4.78, 5) is 6.60. The number of halogens is 1.